The number of hydrogen-bond acceptors (Lipinski definition) is 15. The van der Waals surface area contributed by atoms with Gasteiger partial charge < -0.3 is 33.6 Å². The van der Waals surface area contributed by atoms with E-state index in [1.54, 1.807) is 0 Å². The fraction of sp³-hybridized carbons (Fsp3) is 0.804. The summed E-state index contributed by atoms with van der Waals surface area (Å²) in [5.41, 5.74) is 0. The minimum atomic E-state index is -0.259. The van der Waals surface area contributed by atoms with Crippen molar-refractivity contribution in [3.8, 4) is 0 Å². The summed E-state index contributed by atoms with van der Waals surface area (Å²) in [6, 6.07) is 0. The third-order valence-electron chi connectivity index (χ3n) is 10.3. The summed E-state index contributed by atoms with van der Waals surface area (Å²) in [7, 11) is 2.10. The number of hydrogen-bond donors (Lipinski definition) is 1. The van der Waals surface area contributed by atoms with Crippen LogP contribution >= 0.6 is 47.9 Å². The van der Waals surface area contributed by atoms with Gasteiger partial charge in [0.25, 0.3) is 0 Å². The molecule has 0 bridgehead atoms. The summed E-state index contributed by atoms with van der Waals surface area (Å²) in [6.45, 7) is 13.3. The molecule has 0 aliphatic carbocycles. The number of thiol groups is 1. The summed E-state index contributed by atoms with van der Waals surface area (Å²) in [5, 5.41) is 0. The van der Waals surface area contributed by atoms with Gasteiger partial charge in [-0.1, -0.05) is 57.2 Å². The van der Waals surface area contributed by atoms with Crippen molar-refractivity contribution < 1.29 is 38.1 Å². The lowest BCUT2D eigenvalue weighted by molar-refractivity contribution is -0.145. The van der Waals surface area contributed by atoms with Crippen LogP contribution in [0, 0.1) is 0 Å². The predicted octanol–water partition coefficient (Wildman–Crippen LogP) is 10.6. The molecule has 15 heteroatoms. The normalized spacial score (nSPS) is 11.9. The second kappa shape index (κ2) is 51.2. The molecule has 0 atom stereocenters. The number of esters is 4. The molecule has 0 amide bonds. The molecule has 0 rings (SSSR count). The summed E-state index contributed by atoms with van der Waals surface area (Å²) in [6.07, 6.45) is 29.9. The quantitative estimate of drug-likeness (QED) is 0.0205. The molecule has 0 saturated heterocycles. The van der Waals surface area contributed by atoms with Gasteiger partial charge in [-0.15, -0.1) is 0 Å². The van der Waals surface area contributed by atoms with Crippen LogP contribution in [0.25, 0.3) is 0 Å². The van der Waals surface area contributed by atoms with Crippen LogP contribution < -0.4 is 0 Å². The Morgan fingerprint density at radius 3 is 1.03 bits per heavy atom. The summed E-state index contributed by atoms with van der Waals surface area (Å²) < 4.78 is 21.9. The highest BCUT2D eigenvalue weighted by Gasteiger charge is 2.15. The molecule has 0 aliphatic heterocycles. The zero-order chi connectivity index (χ0) is 48.4. The molecule has 0 saturated carbocycles. The molecule has 11 nitrogen and oxygen atoms in total. The van der Waals surface area contributed by atoms with Gasteiger partial charge in [-0.25, -0.2) is 0 Å². The Labute approximate surface area is 421 Å². The minimum Gasteiger partial charge on any atom is -0.465 e. The molecule has 0 unspecified atom stereocenters. The topological polar surface area (TPSA) is 115 Å². The van der Waals surface area contributed by atoms with Crippen molar-refractivity contribution in [2.24, 2.45) is 0 Å². The molecule has 0 radical (unpaired) electrons. The lowest BCUT2D eigenvalue weighted by Gasteiger charge is -2.25. The maximum absolute atomic E-state index is 12.7. The average molecular weight is 1000 g/mol. The highest BCUT2D eigenvalue weighted by atomic mass is 32.2. The predicted molar refractivity (Wildman–Crippen MR) is 288 cm³/mol. The summed E-state index contributed by atoms with van der Waals surface area (Å²) in [4.78, 5) is 56.9. The van der Waals surface area contributed by atoms with Gasteiger partial charge in [0.1, 0.15) is 26.4 Å². The Balaban J connectivity index is 4.88. The number of carbonyl (C=O) groups is 4. The van der Waals surface area contributed by atoms with E-state index in [0.717, 1.165) is 118 Å². The van der Waals surface area contributed by atoms with Crippen molar-refractivity contribution in [1.29, 1.82) is 0 Å². The number of unbranched alkanes of at least 4 members (excludes halogenated alkanes) is 6. The number of thioether (sulfide) groups is 3. The number of carbonyl (C=O) groups excluding carboxylic acids is 4. The Hall–Kier alpha value is -1.62. The Bertz CT molecular complexity index is 1200. The van der Waals surface area contributed by atoms with Gasteiger partial charge in [-0.2, -0.15) is 47.9 Å². The van der Waals surface area contributed by atoms with Crippen LogP contribution in [-0.2, 0) is 38.1 Å². The van der Waals surface area contributed by atoms with Crippen molar-refractivity contribution in [3.05, 3.63) is 36.5 Å². The van der Waals surface area contributed by atoms with E-state index < -0.39 is 0 Å². The van der Waals surface area contributed by atoms with Crippen LogP contribution in [0.15, 0.2) is 36.5 Å². The highest BCUT2D eigenvalue weighted by Crippen LogP contribution is 2.11. The lowest BCUT2D eigenvalue weighted by Crippen LogP contribution is -2.34. The standard InChI is InChI=1S/C51H93N3O8S4/c1-5-8-11-14-17-20-42-64-45-38-60-49(56)26-34-53(33-25-48(55)59-37-41-63)31-23-29-52(4)30-24-32-54(35-27-50(57)61-39-46-65-43-21-18-15-12-9-6-2)36-28-51(58)62-40-47-66-44-22-19-16-13-10-7-3/h8-13,63H,5-7,14-47H2,1-4H3/b11-8-,12-9-,13-10-. The SMILES string of the molecule is CC/C=C\CCCCSCCOC(=O)CCN(CCCN(C)CCCN(CCC(=O)OCCSCCCC/C=C\CC)CCC(=O)OCCSCCCC/C=C\CC)CCC(=O)OCCS. The van der Waals surface area contributed by atoms with Crippen LogP contribution in [0.2, 0.25) is 0 Å². The van der Waals surface area contributed by atoms with Gasteiger partial charge in [0.2, 0.25) is 0 Å². The van der Waals surface area contributed by atoms with Gasteiger partial charge in [0, 0.05) is 49.2 Å². The minimum absolute atomic E-state index is 0.202. The van der Waals surface area contributed by atoms with E-state index in [4.69, 9.17) is 18.9 Å². The lowest BCUT2D eigenvalue weighted by atomic mass is 10.2. The highest BCUT2D eigenvalue weighted by molar-refractivity contribution is 7.99. The van der Waals surface area contributed by atoms with E-state index in [1.165, 1.54) is 32.1 Å². The van der Waals surface area contributed by atoms with Gasteiger partial charge in [0.15, 0.2) is 0 Å². The fourth-order valence-electron chi connectivity index (χ4n) is 6.56. The summed E-state index contributed by atoms with van der Waals surface area (Å²) in [5.74, 6) is 5.24. The average Bonchev–Trinajstić information content (AvgIpc) is 3.31. The maximum Gasteiger partial charge on any atom is 0.307 e. The molecule has 0 spiro atoms. The van der Waals surface area contributed by atoms with Crippen LogP contribution in [0.3, 0.4) is 0 Å². The fourth-order valence-corrected chi connectivity index (χ4v) is 9.09. The van der Waals surface area contributed by atoms with Gasteiger partial charge >= 0.3 is 23.9 Å². The molecule has 66 heavy (non-hydrogen) atoms. The number of allylic oxidation sites excluding steroid dienone is 6. The van der Waals surface area contributed by atoms with E-state index in [0.29, 0.717) is 51.8 Å². The molecule has 0 heterocycles. The first kappa shape index (κ1) is 64.4. The molecule has 0 aromatic heterocycles. The molecule has 0 fully saturated rings. The monoisotopic (exact) mass is 1000 g/mol. The van der Waals surface area contributed by atoms with E-state index >= 15 is 0 Å². The summed E-state index contributed by atoms with van der Waals surface area (Å²) >= 11 is 9.62. The third kappa shape index (κ3) is 47.4. The molecule has 384 valence electrons. The number of ether oxygens (including phenoxy) is 4. The number of nitrogens with zero attached hydrogens (tertiary/aromatic N) is 3. The first-order valence-electron chi connectivity index (χ1n) is 25.3. The second-order valence-electron chi connectivity index (χ2n) is 16.3. The van der Waals surface area contributed by atoms with Crippen LogP contribution in [0.5, 0.6) is 0 Å². The first-order chi connectivity index (χ1) is 32.2. The molecular formula is C51H93N3O8S4. The van der Waals surface area contributed by atoms with E-state index in [-0.39, 0.29) is 56.2 Å². The van der Waals surface area contributed by atoms with E-state index in [2.05, 4.69) is 91.6 Å². The van der Waals surface area contributed by atoms with Crippen molar-refractivity contribution in [2.45, 2.75) is 136 Å². The molecule has 0 aromatic carbocycles. The van der Waals surface area contributed by atoms with Crippen LogP contribution in [0.4, 0.5) is 0 Å². The molecular weight excluding hydrogens is 911 g/mol. The Kier molecular flexibility index (Phi) is 50.0. The molecule has 0 N–H and O–H groups in total. The molecule has 0 aromatic rings. The van der Waals surface area contributed by atoms with Crippen LogP contribution in [0.1, 0.15) is 136 Å². The Morgan fingerprint density at radius 2 is 0.727 bits per heavy atom. The van der Waals surface area contributed by atoms with Crippen LogP contribution in [-0.4, -0.2) is 165 Å². The third-order valence-corrected chi connectivity index (χ3v) is 13.6. The first-order valence-corrected chi connectivity index (χ1v) is 29.4. The zero-order valence-electron chi connectivity index (χ0n) is 41.9. The van der Waals surface area contributed by atoms with Gasteiger partial charge in [-0.05, 0) is 140 Å². The largest absolute Gasteiger partial charge is 0.465 e. The van der Waals surface area contributed by atoms with Crippen molar-refractivity contribution in [2.75, 3.05) is 126 Å². The van der Waals surface area contributed by atoms with Crippen molar-refractivity contribution in [1.82, 2.24) is 14.7 Å². The van der Waals surface area contributed by atoms with Gasteiger partial charge in [0.05, 0.1) is 25.7 Å². The molecule has 0 aliphatic rings. The Morgan fingerprint density at radius 1 is 0.409 bits per heavy atom. The van der Waals surface area contributed by atoms with Gasteiger partial charge in [-0.3, -0.25) is 19.2 Å². The van der Waals surface area contributed by atoms with Crippen molar-refractivity contribution >= 4 is 71.8 Å². The maximum atomic E-state index is 12.7. The smallest absolute Gasteiger partial charge is 0.307 e. The van der Waals surface area contributed by atoms with E-state index in [9.17, 15) is 19.2 Å². The van der Waals surface area contributed by atoms with E-state index in [1.807, 2.05) is 35.3 Å². The zero-order valence-corrected chi connectivity index (χ0v) is 45.3. The second-order valence-corrected chi connectivity index (χ2v) is 20.4. The number of rotatable bonds is 49. The van der Waals surface area contributed by atoms with Crippen molar-refractivity contribution in [3.63, 3.8) is 0 Å².